The van der Waals surface area contributed by atoms with Gasteiger partial charge in [0.1, 0.15) is 0 Å². The van der Waals surface area contributed by atoms with Crippen LogP contribution >= 0.6 is 9.24 Å². The van der Waals surface area contributed by atoms with Gasteiger partial charge in [-0.05, 0) is 24.4 Å². The molecule has 136 valence electrons. The van der Waals surface area contributed by atoms with Crippen molar-refractivity contribution in [1.82, 2.24) is 0 Å². The lowest BCUT2D eigenvalue weighted by molar-refractivity contribution is -0.0510. The summed E-state index contributed by atoms with van der Waals surface area (Å²) in [5, 5.41) is 0.571. The van der Waals surface area contributed by atoms with Crippen molar-refractivity contribution in [2.45, 2.75) is 89.2 Å². The van der Waals surface area contributed by atoms with E-state index in [9.17, 15) is 13.2 Å². The molecule has 0 aliphatic heterocycles. The fourth-order valence-corrected chi connectivity index (χ4v) is 2.57. The normalized spacial score (nSPS) is 12.7. The molecule has 0 aliphatic carbocycles. The fourth-order valence-electron chi connectivity index (χ4n) is 1.96. The van der Waals surface area contributed by atoms with Crippen LogP contribution in [0.25, 0.3) is 0 Å². The zero-order valence-electron chi connectivity index (χ0n) is 13.7. The Kier molecular flexibility index (Phi) is 12.9. The predicted molar refractivity (Wildman–Crippen MR) is 88.6 cm³/mol. The Bertz CT molecular complexity index is 348. The molecule has 0 fully saturated rings. The van der Waals surface area contributed by atoms with Gasteiger partial charge in [0.2, 0.25) is 0 Å². The highest BCUT2D eigenvalue weighted by atomic mass is 32.2. The van der Waals surface area contributed by atoms with Crippen molar-refractivity contribution < 1.29 is 26.1 Å². The summed E-state index contributed by atoms with van der Waals surface area (Å²) in [6, 6.07) is 0. The average Bonchev–Trinajstić information content (AvgIpc) is 2.39. The molecular weight excluding hydrogens is 336 g/mol. The molecule has 0 aromatic rings. The monoisotopic (exact) mass is 366 g/mol. The third kappa shape index (κ3) is 12.7. The van der Waals surface area contributed by atoms with E-state index in [1.165, 1.54) is 57.8 Å². The number of alkyl halides is 3. The lowest BCUT2D eigenvalue weighted by atomic mass is 9.90. The molecule has 1 N–H and O–H groups in total. The second-order valence-corrected chi connectivity index (χ2v) is 8.23. The van der Waals surface area contributed by atoms with Gasteiger partial charge in [-0.3, -0.25) is 4.55 Å². The lowest BCUT2D eigenvalue weighted by Crippen LogP contribution is -2.21. The molecule has 0 heterocycles. The van der Waals surface area contributed by atoms with Crippen LogP contribution in [0.2, 0.25) is 0 Å². The van der Waals surface area contributed by atoms with E-state index < -0.39 is 15.6 Å². The van der Waals surface area contributed by atoms with Gasteiger partial charge in [0.05, 0.1) is 0 Å². The molecule has 0 amide bonds. The average molecular weight is 366 g/mol. The molecule has 0 saturated carbocycles. The van der Waals surface area contributed by atoms with Crippen LogP contribution in [0.5, 0.6) is 0 Å². The van der Waals surface area contributed by atoms with Gasteiger partial charge >= 0.3 is 15.6 Å². The van der Waals surface area contributed by atoms with E-state index in [4.69, 9.17) is 13.0 Å². The third-order valence-electron chi connectivity index (χ3n) is 3.38. The lowest BCUT2D eigenvalue weighted by Gasteiger charge is -2.29. The van der Waals surface area contributed by atoms with Crippen LogP contribution in [-0.4, -0.2) is 23.6 Å². The maximum Gasteiger partial charge on any atom is 0.522 e. The first kappa shape index (κ1) is 24.4. The standard InChI is InChI=1S/C13H29P.CHF3O3S/c1-4-7-10-13(14,11-8-5-2)12-9-6-3;2-1(3,4)8(5,6)7/h4-12,14H2,1-3H3;(H,5,6,7). The van der Waals surface area contributed by atoms with E-state index in [-0.39, 0.29) is 0 Å². The molecule has 0 rings (SSSR count). The highest BCUT2D eigenvalue weighted by Crippen LogP contribution is 2.36. The number of hydrogen-bond donors (Lipinski definition) is 1. The van der Waals surface area contributed by atoms with E-state index in [0.29, 0.717) is 5.16 Å². The summed E-state index contributed by atoms with van der Waals surface area (Å²) in [5.74, 6) is 0. The van der Waals surface area contributed by atoms with Gasteiger partial charge in [-0.2, -0.15) is 21.6 Å². The largest absolute Gasteiger partial charge is 0.522 e. The van der Waals surface area contributed by atoms with E-state index in [0.717, 1.165) is 0 Å². The van der Waals surface area contributed by atoms with Crippen LogP contribution in [-0.2, 0) is 10.1 Å². The number of hydrogen-bond acceptors (Lipinski definition) is 2. The van der Waals surface area contributed by atoms with Gasteiger partial charge < -0.3 is 0 Å². The molecule has 3 nitrogen and oxygen atoms in total. The molecule has 0 radical (unpaired) electrons. The minimum Gasteiger partial charge on any atom is -0.279 e. The summed E-state index contributed by atoms with van der Waals surface area (Å²) in [5.41, 5.74) is -5.53. The Morgan fingerprint density at radius 2 is 1.09 bits per heavy atom. The van der Waals surface area contributed by atoms with E-state index >= 15 is 0 Å². The van der Waals surface area contributed by atoms with Crippen molar-refractivity contribution in [2.75, 3.05) is 0 Å². The molecule has 0 spiro atoms. The van der Waals surface area contributed by atoms with Gasteiger partial charge in [0, 0.05) is 0 Å². The Balaban J connectivity index is 0. The van der Waals surface area contributed by atoms with Crippen molar-refractivity contribution in [1.29, 1.82) is 0 Å². The molecule has 22 heavy (non-hydrogen) atoms. The molecular formula is C14H30F3O3PS. The molecule has 0 saturated heterocycles. The van der Waals surface area contributed by atoms with E-state index in [2.05, 4.69) is 30.0 Å². The summed E-state index contributed by atoms with van der Waals surface area (Å²) in [6.45, 7) is 6.89. The molecule has 1 atom stereocenters. The van der Waals surface area contributed by atoms with Crippen LogP contribution in [0.3, 0.4) is 0 Å². The number of unbranched alkanes of at least 4 members (excludes halogenated alkanes) is 3. The van der Waals surface area contributed by atoms with Gasteiger partial charge in [-0.15, -0.1) is 9.24 Å². The van der Waals surface area contributed by atoms with Crippen molar-refractivity contribution >= 4 is 19.4 Å². The highest BCUT2D eigenvalue weighted by molar-refractivity contribution is 7.86. The van der Waals surface area contributed by atoms with Crippen molar-refractivity contribution in [3.63, 3.8) is 0 Å². The first-order chi connectivity index (χ1) is 9.93. The summed E-state index contributed by atoms with van der Waals surface area (Å²) in [7, 11) is -2.67. The third-order valence-corrected chi connectivity index (χ3v) is 4.83. The first-order valence-electron chi connectivity index (χ1n) is 7.76. The molecule has 8 heteroatoms. The number of rotatable bonds is 9. The Morgan fingerprint density at radius 3 is 1.23 bits per heavy atom. The van der Waals surface area contributed by atoms with E-state index in [1.807, 2.05) is 0 Å². The van der Waals surface area contributed by atoms with E-state index in [1.54, 1.807) is 0 Å². The van der Waals surface area contributed by atoms with Crippen LogP contribution in [0.15, 0.2) is 0 Å². The second-order valence-electron chi connectivity index (χ2n) is 5.59. The SMILES string of the molecule is CCCCC(P)(CCCC)CCCC.O=S(=O)(O)C(F)(F)F. The van der Waals surface area contributed by atoms with Gasteiger partial charge in [0.15, 0.2) is 0 Å². The zero-order chi connectivity index (χ0) is 17.9. The molecule has 0 aromatic heterocycles. The summed E-state index contributed by atoms with van der Waals surface area (Å²) in [4.78, 5) is 0. The van der Waals surface area contributed by atoms with Crippen LogP contribution in [0, 0.1) is 0 Å². The zero-order valence-corrected chi connectivity index (χ0v) is 15.7. The van der Waals surface area contributed by atoms with Crippen LogP contribution in [0.1, 0.15) is 78.6 Å². The minimum atomic E-state index is -5.84. The fraction of sp³-hybridized carbons (Fsp3) is 1.00. The van der Waals surface area contributed by atoms with Crippen molar-refractivity contribution in [3.05, 3.63) is 0 Å². The predicted octanol–water partition coefficient (Wildman–Crippen LogP) is 5.56. The topological polar surface area (TPSA) is 54.4 Å². The number of halogens is 3. The smallest absolute Gasteiger partial charge is 0.279 e. The first-order valence-corrected chi connectivity index (χ1v) is 9.78. The second kappa shape index (κ2) is 11.6. The van der Waals surface area contributed by atoms with Crippen molar-refractivity contribution in [3.8, 4) is 0 Å². The Hall–Kier alpha value is 0.130. The van der Waals surface area contributed by atoms with Gasteiger partial charge in [-0.1, -0.05) is 59.3 Å². The molecule has 0 bridgehead atoms. The summed E-state index contributed by atoms with van der Waals surface area (Å²) >= 11 is 0. The molecule has 0 aliphatic rings. The molecule has 1 unspecified atom stereocenters. The van der Waals surface area contributed by atoms with Crippen molar-refractivity contribution in [2.24, 2.45) is 0 Å². The Labute approximate surface area is 135 Å². The maximum atomic E-state index is 10.7. The molecule has 0 aromatic carbocycles. The highest BCUT2D eigenvalue weighted by Gasteiger charge is 2.44. The summed E-state index contributed by atoms with van der Waals surface area (Å²) < 4.78 is 57.5. The van der Waals surface area contributed by atoms with Crippen LogP contribution in [0.4, 0.5) is 13.2 Å². The quantitative estimate of drug-likeness (QED) is 0.330. The van der Waals surface area contributed by atoms with Crippen LogP contribution < -0.4 is 0 Å². The Morgan fingerprint density at radius 1 is 0.864 bits per heavy atom. The minimum absolute atomic E-state index is 0.571. The van der Waals surface area contributed by atoms with Gasteiger partial charge in [-0.25, -0.2) is 0 Å². The summed E-state index contributed by atoms with van der Waals surface area (Å²) in [6.07, 6.45) is 12.5. The maximum absolute atomic E-state index is 10.7. The van der Waals surface area contributed by atoms with Gasteiger partial charge in [0.25, 0.3) is 0 Å².